The molecule has 0 aliphatic rings. The molecule has 0 aromatic rings. The zero-order chi connectivity index (χ0) is 12.4. The van der Waals surface area contributed by atoms with E-state index >= 15 is 0 Å². The molecule has 0 aromatic heterocycles. The summed E-state index contributed by atoms with van der Waals surface area (Å²) in [5, 5.41) is 0. The van der Waals surface area contributed by atoms with Crippen LogP contribution >= 0.6 is 0 Å². The maximum atomic E-state index is 11.5. The van der Waals surface area contributed by atoms with Crippen LogP contribution in [0.1, 0.15) is 33.1 Å². The number of carbonyl (C=O) groups excluding carboxylic acids is 1. The Morgan fingerprint density at radius 3 is 2.31 bits per heavy atom. The second-order valence-corrected chi connectivity index (χ2v) is 4.36. The molecule has 4 heteroatoms. The van der Waals surface area contributed by atoms with Crippen LogP contribution in [0.25, 0.3) is 0 Å². The zero-order valence-corrected chi connectivity index (χ0v) is 10.9. The summed E-state index contributed by atoms with van der Waals surface area (Å²) in [6, 6.07) is 0. The van der Waals surface area contributed by atoms with E-state index in [-0.39, 0.29) is 11.4 Å². The van der Waals surface area contributed by atoms with Crippen molar-refractivity contribution in [2.45, 2.75) is 38.7 Å². The zero-order valence-electron chi connectivity index (χ0n) is 10.9. The van der Waals surface area contributed by atoms with E-state index in [4.69, 9.17) is 14.2 Å². The smallest absolute Gasteiger partial charge is 0.135 e. The van der Waals surface area contributed by atoms with Gasteiger partial charge < -0.3 is 14.2 Å². The van der Waals surface area contributed by atoms with Crippen LogP contribution in [0.4, 0.5) is 0 Å². The van der Waals surface area contributed by atoms with Crippen molar-refractivity contribution >= 4 is 5.78 Å². The molecule has 0 saturated carbocycles. The summed E-state index contributed by atoms with van der Waals surface area (Å²) in [5.74, 6) is 0.225. The lowest BCUT2D eigenvalue weighted by Crippen LogP contribution is -2.23. The van der Waals surface area contributed by atoms with Crippen LogP contribution in [-0.4, -0.2) is 45.4 Å². The molecule has 0 aromatic carbocycles. The average molecular weight is 232 g/mol. The topological polar surface area (TPSA) is 44.8 Å². The molecule has 0 saturated heterocycles. The van der Waals surface area contributed by atoms with E-state index in [1.807, 2.05) is 13.8 Å². The van der Waals surface area contributed by atoms with E-state index < -0.39 is 0 Å². The molecule has 0 unspecified atom stereocenters. The highest BCUT2D eigenvalue weighted by molar-refractivity contribution is 5.78. The number of ether oxygens (including phenoxy) is 3. The van der Waals surface area contributed by atoms with Gasteiger partial charge in [-0.3, -0.25) is 4.79 Å². The van der Waals surface area contributed by atoms with E-state index in [2.05, 4.69) is 0 Å². The van der Waals surface area contributed by atoms with Crippen molar-refractivity contribution in [3.63, 3.8) is 0 Å². The lowest BCUT2D eigenvalue weighted by molar-refractivity contribution is -0.121. The minimum Gasteiger partial charge on any atom is -0.382 e. The van der Waals surface area contributed by atoms with Crippen LogP contribution in [0, 0.1) is 0 Å². The van der Waals surface area contributed by atoms with Crippen LogP contribution in [0.15, 0.2) is 0 Å². The van der Waals surface area contributed by atoms with Crippen LogP contribution in [0.2, 0.25) is 0 Å². The monoisotopic (exact) mass is 232 g/mol. The molecule has 0 amide bonds. The van der Waals surface area contributed by atoms with Crippen LogP contribution in [-0.2, 0) is 19.0 Å². The number of Topliss-reactive ketones (excluding diaryl/α,β-unsaturated/α-hetero) is 1. The molecule has 0 fully saturated rings. The summed E-state index contributed by atoms with van der Waals surface area (Å²) in [6.07, 6.45) is 1.78. The van der Waals surface area contributed by atoms with Gasteiger partial charge in [-0.05, 0) is 20.3 Å². The highest BCUT2D eigenvalue weighted by atomic mass is 16.5. The Labute approximate surface area is 98.3 Å². The summed E-state index contributed by atoms with van der Waals surface area (Å²) in [6.45, 7) is 5.57. The Hall–Kier alpha value is -0.450. The van der Waals surface area contributed by atoms with Crippen molar-refractivity contribution in [3.05, 3.63) is 0 Å². The van der Waals surface area contributed by atoms with Gasteiger partial charge in [-0.25, -0.2) is 0 Å². The third kappa shape index (κ3) is 8.83. The van der Waals surface area contributed by atoms with E-state index in [0.29, 0.717) is 32.7 Å². The number of methoxy groups -OCH3 is 2. The molecule has 96 valence electrons. The standard InChI is InChI=1S/C12H24O4/c1-12(2,15-4)7-5-11(13)6-8-16-10-9-14-3/h5-10H2,1-4H3. The highest BCUT2D eigenvalue weighted by Gasteiger charge is 2.17. The predicted molar refractivity (Wildman–Crippen MR) is 62.6 cm³/mol. The normalized spacial score (nSPS) is 11.8. The summed E-state index contributed by atoms with van der Waals surface area (Å²) >= 11 is 0. The van der Waals surface area contributed by atoms with Crippen molar-refractivity contribution in [2.24, 2.45) is 0 Å². The van der Waals surface area contributed by atoms with E-state index in [0.717, 1.165) is 6.42 Å². The third-order valence-corrected chi connectivity index (χ3v) is 2.52. The number of carbonyl (C=O) groups is 1. The fourth-order valence-corrected chi connectivity index (χ4v) is 1.10. The van der Waals surface area contributed by atoms with Crippen LogP contribution in [0.3, 0.4) is 0 Å². The third-order valence-electron chi connectivity index (χ3n) is 2.52. The Bertz CT molecular complexity index is 189. The molecule has 0 aliphatic heterocycles. The molecule has 0 bridgehead atoms. The summed E-state index contributed by atoms with van der Waals surface area (Å²) in [5.41, 5.74) is -0.216. The first kappa shape index (κ1) is 15.6. The van der Waals surface area contributed by atoms with Gasteiger partial charge >= 0.3 is 0 Å². The molecule has 0 heterocycles. The molecule has 4 nitrogen and oxygen atoms in total. The van der Waals surface area contributed by atoms with Gasteiger partial charge in [0, 0.05) is 27.1 Å². The molecular weight excluding hydrogens is 208 g/mol. The number of hydrogen-bond donors (Lipinski definition) is 0. The molecule has 0 N–H and O–H groups in total. The van der Waals surface area contributed by atoms with Crippen LogP contribution in [0.5, 0.6) is 0 Å². The van der Waals surface area contributed by atoms with Gasteiger partial charge in [0.25, 0.3) is 0 Å². The van der Waals surface area contributed by atoms with E-state index in [9.17, 15) is 4.79 Å². The lowest BCUT2D eigenvalue weighted by atomic mass is 10.00. The van der Waals surface area contributed by atoms with Gasteiger partial charge in [-0.2, -0.15) is 0 Å². The number of hydrogen-bond acceptors (Lipinski definition) is 4. The Balaban J connectivity index is 3.45. The largest absolute Gasteiger partial charge is 0.382 e. The van der Waals surface area contributed by atoms with Gasteiger partial charge in [0.05, 0.1) is 25.4 Å². The van der Waals surface area contributed by atoms with Gasteiger partial charge in [-0.15, -0.1) is 0 Å². The molecule has 16 heavy (non-hydrogen) atoms. The molecule has 0 spiro atoms. The minimum absolute atomic E-state index is 0.216. The number of rotatable bonds is 10. The minimum atomic E-state index is -0.216. The maximum Gasteiger partial charge on any atom is 0.135 e. The van der Waals surface area contributed by atoms with Gasteiger partial charge in [-0.1, -0.05) is 0 Å². The Morgan fingerprint density at radius 1 is 1.06 bits per heavy atom. The second kappa shape index (κ2) is 8.67. The molecular formula is C12H24O4. The molecule has 0 atom stereocenters. The Morgan fingerprint density at radius 2 is 1.75 bits per heavy atom. The maximum absolute atomic E-state index is 11.5. The fourth-order valence-electron chi connectivity index (χ4n) is 1.10. The van der Waals surface area contributed by atoms with E-state index in [1.165, 1.54) is 0 Å². The second-order valence-electron chi connectivity index (χ2n) is 4.36. The van der Waals surface area contributed by atoms with Crippen molar-refractivity contribution in [1.29, 1.82) is 0 Å². The van der Waals surface area contributed by atoms with Crippen molar-refractivity contribution in [2.75, 3.05) is 34.0 Å². The number of ketones is 1. The quantitative estimate of drug-likeness (QED) is 0.539. The molecule has 0 radical (unpaired) electrons. The van der Waals surface area contributed by atoms with Crippen molar-refractivity contribution in [1.82, 2.24) is 0 Å². The van der Waals surface area contributed by atoms with Gasteiger partial charge in [0.1, 0.15) is 5.78 Å². The summed E-state index contributed by atoms with van der Waals surface area (Å²) < 4.78 is 15.3. The van der Waals surface area contributed by atoms with Crippen molar-refractivity contribution in [3.8, 4) is 0 Å². The predicted octanol–water partition coefficient (Wildman–Crippen LogP) is 1.81. The lowest BCUT2D eigenvalue weighted by Gasteiger charge is -2.22. The first-order chi connectivity index (χ1) is 7.52. The average Bonchev–Trinajstić information content (AvgIpc) is 2.26. The first-order valence-electron chi connectivity index (χ1n) is 5.65. The van der Waals surface area contributed by atoms with Crippen LogP contribution < -0.4 is 0 Å². The fraction of sp³-hybridized carbons (Fsp3) is 0.917. The first-order valence-corrected chi connectivity index (χ1v) is 5.65. The van der Waals surface area contributed by atoms with Gasteiger partial charge in [0.2, 0.25) is 0 Å². The molecule has 0 rings (SSSR count). The Kier molecular flexibility index (Phi) is 8.43. The van der Waals surface area contributed by atoms with Crippen molar-refractivity contribution < 1.29 is 19.0 Å². The summed E-state index contributed by atoms with van der Waals surface area (Å²) in [7, 11) is 3.29. The summed E-state index contributed by atoms with van der Waals surface area (Å²) in [4.78, 5) is 11.5. The molecule has 0 aliphatic carbocycles. The van der Waals surface area contributed by atoms with Gasteiger partial charge in [0.15, 0.2) is 0 Å². The van der Waals surface area contributed by atoms with E-state index in [1.54, 1.807) is 14.2 Å². The highest BCUT2D eigenvalue weighted by Crippen LogP contribution is 2.15. The SMILES string of the molecule is COCCOCCC(=O)CCC(C)(C)OC.